The van der Waals surface area contributed by atoms with Gasteiger partial charge in [-0.2, -0.15) is 0 Å². The van der Waals surface area contributed by atoms with Crippen LogP contribution in [0.3, 0.4) is 0 Å². The number of esters is 2. The molecule has 2 aliphatic rings. The van der Waals surface area contributed by atoms with E-state index < -0.39 is 0 Å². The van der Waals surface area contributed by atoms with E-state index in [-0.39, 0.29) is 23.8 Å². The van der Waals surface area contributed by atoms with Gasteiger partial charge in [-0.3, -0.25) is 9.59 Å². The first-order valence-corrected chi connectivity index (χ1v) is 4.52. The third-order valence-electron chi connectivity index (χ3n) is 2.86. The highest BCUT2D eigenvalue weighted by molar-refractivity contribution is 5.90. The van der Waals surface area contributed by atoms with E-state index in [0.717, 1.165) is 25.7 Å². The second kappa shape index (κ2) is 2.88. The van der Waals surface area contributed by atoms with E-state index in [2.05, 4.69) is 4.74 Å². The summed E-state index contributed by atoms with van der Waals surface area (Å²) in [5.41, 5.74) is 0. The van der Waals surface area contributed by atoms with Crippen LogP contribution in [-0.4, -0.2) is 11.9 Å². The quantitative estimate of drug-likeness (QED) is 0.404. The third-order valence-corrected chi connectivity index (χ3v) is 2.86. The molecule has 3 nitrogen and oxygen atoms in total. The van der Waals surface area contributed by atoms with Crippen LogP contribution in [0.1, 0.15) is 32.1 Å². The topological polar surface area (TPSA) is 43.4 Å². The van der Waals surface area contributed by atoms with E-state index >= 15 is 0 Å². The molecule has 2 atom stereocenters. The zero-order valence-corrected chi connectivity index (χ0v) is 6.91. The van der Waals surface area contributed by atoms with E-state index in [0.29, 0.717) is 6.42 Å². The Balaban J connectivity index is 2.11. The standard InChI is InChI=1S/C9H12O3/c10-8-5-6-3-1-2-4-7(6)9(11)12-8/h6-7H,1-5H2/t6-,7+/m0/s1. The molecule has 1 aliphatic heterocycles. The monoisotopic (exact) mass is 168 g/mol. The molecule has 0 aromatic carbocycles. The van der Waals surface area contributed by atoms with Crippen molar-refractivity contribution in [1.82, 2.24) is 0 Å². The van der Waals surface area contributed by atoms with Crippen molar-refractivity contribution in [2.75, 3.05) is 0 Å². The van der Waals surface area contributed by atoms with Crippen molar-refractivity contribution in [1.29, 1.82) is 0 Å². The molecule has 12 heavy (non-hydrogen) atoms. The Labute approximate surface area is 71.1 Å². The first-order chi connectivity index (χ1) is 5.77. The molecule has 0 amide bonds. The lowest BCUT2D eigenvalue weighted by atomic mass is 9.76. The number of fused-ring (bicyclic) bond motifs is 1. The second-order valence-electron chi connectivity index (χ2n) is 3.65. The summed E-state index contributed by atoms with van der Waals surface area (Å²) >= 11 is 0. The number of carbonyl (C=O) groups excluding carboxylic acids is 2. The molecular formula is C9H12O3. The summed E-state index contributed by atoms with van der Waals surface area (Å²) in [6.07, 6.45) is 4.64. The zero-order valence-electron chi connectivity index (χ0n) is 6.91. The first kappa shape index (κ1) is 7.77. The van der Waals surface area contributed by atoms with Crippen molar-refractivity contribution in [3.8, 4) is 0 Å². The minimum Gasteiger partial charge on any atom is -0.393 e. The molecule has 1 heterocycles. The Kier molecular flexibility index (Phi) is 1.87. The van der Waals surface area contributed by atoms with Gasteiger partial charge in [0.2, 0.25) is 0 Å². The van der Waals surface area contributed by atoms with Crippen LogP contribution in [0.15, 0.2) is 0 Å². The van der Waals surface area contributed by atoms with E-state index in [1.807, 2.05) is 0 Å². The minimum absolute atomic E-state index is 0.0245. The lowest BCUT2D eigenvalue weighted by Gasteiger charge is -2.32. The van der Waals surface area contributed by atoms with Crippen molar-refractivity contribution < 1.29 is 14.3 Å². The van der Waals surface area contributed by atoms with Crippen LogP contribution in [0.2, 0.25) is 0 Å². The van der Waals surface area contributed by atoms with Gasteiger partial charge in [0, 0.05) is 6.42 Å². The number of carbonyl (C=O) groups is 2. The first-order valence-electron chi connectivity index (χ1n) is 4.52. The number of hydrogen-bond donors (Lipinski definition) is 0. The summed E-state index contributed by atoms with van der Waals surface area (Å²) in [5, 5.41) is 0. The molecule has 1 saturated carbocycles. The minimum atomic E-state index is -0.330. The summed E-state index contributed by atoms with van der Waals surface area (Å²) in [6.45, 7) is 0. The Morgan fingerprint density at radius 1 is 1.17 bits per heavy atom. The predicted octanol–water partition coefficient (Wildman–Crippen LogP) is 1.27. The van der Waals surface area contributed by atoms with Crippen LogP contribution in [-0.2, 0) is 14.3 Å². The molecule has 3 heteroatoms. The lowest BCUT2D eigenvalue weighted by molar-refractivity contribution is -0.172. The maximum absolute atomic E-state index is 11.2. The summed E-state index contributed by atoms with van der Waals surface area (Å²) in [6, 6.07) is 0. The molecule has 1 aliphatic carbocycles. The van der Waals surface area contributed by atoms with E-state index in [4.69, 9.17) is 0 Å². The SMILES string of the molecule is O=C1C[C@@H]2CCCC[C@H]2C(=O)O1. The Hall–Kier alpha value is -0.860. The number of cyclic esters (lactones) is 2. The summed E-state index contributed by atoms with van der Waals surface area (Å²) < 4.78 is 4.58. The Morgan fingerprint density at radius 3 is 2.75 bits per heavy atom. The van der Waals surface area contributed by atoms with Gasteiger partial charge in [0.1, 0.15) is 0 Å². The number of ether oxygens (including phenoxy) is 1. The molecule has 0 N–H and O–H groups in total. The van der Waals surface area contributed by atoms with Crippen LogP contribution in [0.5, 0.6) is 0 Å². The number of hydrogen-bond acceptors (Lipinski definition) is 3. The molecule has 0 radical (unpaired) electrons. The maximum Gasteiger partial charge on any atom is 0.316 e. The summed E-state index contributed by atoms with van der Waals surface area (Å²) in [5.74, 6) is -0.303. The summed E-state index contributed by atoms with van der Waals surface area (Å²) in [7, 11) is 0. The van der Waals surface area contributed by atoms with Gasteiger partial charge < -0.3 is 4.74 Å². The molecule has 0 aromatic rings. The second-order valence-corrected chi connectivity index (χ2v) is 3.65. The Bertz CT molecular complexity index is 222. The van der Waals surface area contributed by atoms with Crippen molar-refractivity contribution >= 4 is 11.9 Å². The van der Waals surface area contributed by atoms with Crippen molar-refractivity contribution in [2.24, 2.45) is 11.8 Å². The fourth-order valence-corrected chi connectivity index (χ4v) is 2.21. The molecule has 0 bridgehead atoms. The van der Waals surface area contributed by atoms with Gasteiger partial charge in [-0.25, -0.2) is 0 Å². The molecule has 0 unspecified atom stereocenters. The Morgan fingerprint density at radius 2 is 1.92 bits per heavy atom. The van der Waals surface area contributed by atoms with Gasteiger partial charge in [-0.1, -0.05) is 12.8 Å². The maximum atomic E-state index is 11.2. The predicted molar refractivity (Wildman–Crippen MR) is 41.2 cm³/mol. The van der Waals surface area contributed by atoms with Gasteiger partial charge in [-0.05, 0) is 18.8 Å². The van der Waals surface area contributed by atoms with Gasteiger partial charge >= 0.3 is 11.9 Å². The highest BCUT2D eigenvalue weighted by Crippen LogP contribution is 2.36. The largest absolute Gasteiger partial charge is 0.393 e. The van der Waals surface area contributed by atoms with Gasteiger partial charge in [0.05, 0.1) is 5.92 Å². The van der Waals surface area contributed by atoms with Crippen LogP contribution in [0.25, 0.3) is 0 Å². The van der Waals surface area contributed by atoms with Gasteiger partial charge in [-0.15, -0.1) is 0 Å². The van der Waals surface area contributed by atoms with Crippen LogP contribution in [0, 0.1) is 11.8 Å². The normalized spacial score (nSPS) is 35.7. The average molecular weight is 168 g/mol. The fraction of sp³-hybridized carbons (Fsp3) is 0.778. The average Bonchev–Trinajstić information content (AvgIpc) is 2.04. The van der Waals surface area contributed by atoms with Crippen molar-refractivity contribution in [3.63, 3.8) is 0 Å². The zero-order chi connectivity index (χ0) is 8.55. The van der Waals surface area contributed by atoms with Gasteiger partial charge in [0.25, 0.3) is 0 Å². The van der Waals surface area contributed by atoms with E-state index in [1.54, 1.807) is 0 Å². The molecule has 66 valence electrons. The fourth-order valence-electron chi connectivity index (χ4n) is 2.21. The summed E-state index contributed by atoms with van der Waals surface area (Å²) in [4.78, 5) is 22.1. The van der Waals surface area contributed by atoms with Crippen molar-refractivity contribution in [2.45, 2.75) is 32.1 Å². The molecule has 0 aromatic heterocycles. The number of rotatable bonds is 0. The van der Waals surface area contributed by atoms with Crippen LogP contribution >= 0.6 is 0 Å². The van der Waals surface area contributed by atoms with Crippen molar-refractivity contribution in [3.05, 3.63) is 0 Å². The molecular weight excluding hydrogens is 156 g/mol. The molecule has 0 spiro atoms. The molecule has 2 rings (SSSR count). The van der Waals surface area contributed by atoms with Crippen LogP contribution in [0.4, 0.5) is 0 Å². The van der Waals surface area contributed by atoms with E-state index in [1.165, 1.54) is 0 Å². The highest BCUT2D eigenvalue weighted by atomic mass is 16.6. The molecule has 2 fully saturated rings. The smallest absolute Gasteiger partial charge is 0.316 e. The third kappa shape index (κ3) is 1.24. The highest BCUT2D eigenvalue weighted by Gasteiger charge is 2.38. The molecule has 1 saturated heterocycles. The van der Waals surface area contributed by atoms with Gasteiger partial charge in [0.15, 0.2) is 0 Å². The lowest BCUT2D eigenvalue weighted by Crippen LogP contribution is -2.37. The van der Waals surface area contributed by atoms with E-state index in [9.17, 15) is 9.59 Å². The van der Waals surface area contributed by atoms with Crippen LogP contribution < -0.4 is 0 Å².